The van der Waals surface area contributed by atoms with Gasteiger partial charge >= 0.3 is 0 Å². The number of rotatable bonds is 5. The van der Waals surface area contributed by atoms with Gasteiger partial charge in [-0.15, -0.1) is 34.2 Å². The normalized spacial score (nSPS) is 21.8. The zero-order valence-corrected chi connectivity index (χ0v) is 17.8. The Balaban J connectivity index is 0.00000208. The highest BCUT2D eigenvalue weighted by Gasteiger charge is 2.19. The summed E-state index contributed by atoms with van der Waals surface area (Å²) in [5, 5.41) is 16.2. The van der Waals surface area contributed by atoms with Crippen molar-refractivity contribution in [3.63, 3.8) is 0 Å². The highest BCUT2D eigenvalue weighted by molar-refractivity contribution is 14.0. The smallest absolute Gasteiger partial charge is 0.191 e. The molecule has 8 heteroatoms. The fourth-order valence-electron chi connectivity index (χ4n) is 3.17. The number of hydrogen-bond acceptors (Lipinski definition) is 4. The Morgan fingerprint density at radius 1 is 1.25 bits per heavy atom. The molecule has 3 rings (SSSR count). The van der Waals surface area contributed by atoms with Crippen LogP contribution in [0.25, 0.3) is 0 Å². The molecule has 1 aliphatic carbocycles. The molecule has 1 aliphatic heterocycles. The standard InChI is InChI=1S/C16H28N6S.HI/c1-12-20-21-15(22(12)2)11-18-16(19-13-6-3-4-7-13)17-10-14-8-5-9-23-14;/h13-14H,3-11H2,1-2H3,(H2,17,18,19);1H. The van der Waals surface area contributed by atoms with Crippen LogP contribution >= 0.6 is 35.7 Å². The predicted molar refractivity (Wildman–Crippen MR) is 111 cm³/mol. The molecule has 1 aromatic heterocycles. The van der Waals surface area contributed by atoms with Crippen LogP contribution in [0.3, 0.4) is 0 Å². The van der Waals surface area contributed by atoms with Crippen LogP contribution in [-0.2, 0) is 13.6 Å². The van der Waals surface area contributed by atoms with Crippen LogP contribution in [0.5, 0.6) is 0 Å². The van der Waals surface area contributed by atoms with E-state index < -0.39 is 0 Å². The lowest BCUT2D eigenvalue weighted by Crippen LogP contribution is -2.44. The molecule has 0 bridgehead atoms. The van der Waals surface area contributed by atoms with Crippen molar-refractivity contribution in [1.29, 1.82) is 0 Å². The average Bonchev–Trinajstić information content (AvgIpc) is 3.28. The molecule has 0 aromatic carbocycles. The van der Waals surface area contributed by atoms with Gasteiger partial charge in [-0.2, -0.15) is 11.8 Å². The molecule has 0 radical (unpaired) electrons. The van der Waals surface area contributed by atoms with Crippen LogP contribution in [0.1, 0.15) is 50.2 Å². The number of halogens is 1. The predicted octanol–water partition coefficient (Wildman–Crippen LogP) is 2.61. The summed E-state index contributed by atoms with van der Waals surface area (Å²) in [4.78, 5) is 4.75. The third-order valence-electron chi connectivity index (χ3n) is 4.78. The van der Waals surface area contributed by atoms with E-state index in [9.17, 15) is 0 Å². The number of aryl methyl sites for hydroxylation is 1. The number of guanidine groups is 1. The largest absolute Gasteiger partial charge is 0.355 e. The van der Waals surface area contributed by atoms with Crippen LogP contribution in [0, 0.1) is 6.92 Å². The molecule has 0 spiro atoms. The summed E-state index contributed by atoms with van der Waals surface area (Å²) in [6, 6.07) is 0.568. The molecule has 6 nitrogen and oxygen atoms in total. The van der Waals surface area contributed by atoms with Crippen molar-refractivity contribution < 1.29 is 0 Å². The van der Waals surface area contributed by atoms with E-state index in [1.165, 1.54) is 44.3 Å². The van der Waals surface area contributed by atoms with Gasteiger partial charge in [-0.05, 0) is 38.4 Å². The molecule has 1 aromatic rings. The quantitative estimate of drug-likeness (QED) is 0.399. The summed E-state index contributed by atoms with van der Waals surface area (Å²) < 4.78 is 2.00. The van der Waals surface area contributed by atoms with Crippen molar-refractivity contribution in [1.82, 2.24) is 25.4 Å². The number of nitrogens with one attached hydrogen (secondary N) is 2. The Morgan fingerprint density at radius 3 is 2.67 bits per heavy atom. The van der Waals surface area contributed by atoms with Crippen molar-refractivity contribution in [3.05, 3.63) is 11.6 Å². The van der Waals surface area contributed by atoms with Gasteiger partial charge in [0.2, 0.25) is 0 Å². The molecular formula is C16H29IN6S. The molecule has 136 valence electrons. The van der Waals surface area contributed by atoms with Gasteiger partial charge in [-0.25, -0.2) is 4.99 Å². The summed E-state index contributed by atoms with van der Waals surface area (Å²) in [6.45, 7) is 3.53. The first kappa shape index (κ1) is 19.8. The Kier molecular flexibility index (Phi) is 8.12. The molecule has 1 unspecified atom stereocenters. The minimum absolute atomic E-state index is 0. The Labute approximate surface area is 166 Å². The minimum Gasteiger partial charge on any atom is -0.355 e. The minimum atomic E-state index is 0. The molecule has 1 atom stereocenters. The molecule has 2 heterocycles. The van der Waals surface area contributed by atoms with Crippen LogP contribution in [0.15, 0.2) is 4.99 Å². The van der Waals surface area contributed by atoms with E-state index in [-0.39, 0.29) is 24.0 Å². The third kappa shape index (κ3) is 5.50. The molecule has 2 N–H and O–H groups in total. The zero-order valence-electron chi connectivity index (χ0n) is 14.6. The zero-order chi connectivity index (χ0) is 16.1. The summed E-state index contributed by atoms with van der Waals surface area (Å²) in [7, 11) is 1.99. The highest BCUT2D eigenvalue weighted by Crippen LogP contribution is 2.25. The van der Waals surface area contributed by atoms with Gasteiger partial charge in [0.15, 0.2) is 11.8 Å². The summed E-state index contributed by atoms with van der Waals surface area (Å²) in [5.41, 5.74) is 0. The number of thioether (sulfide) groups is 1. The van der Waals surface area contributed by atoms with E-state index in [2.05, 4.69) is 32.6 Å². The van der Waals surface area contributed by atoms with Gasteiger partial charge < -0.3 is 15.2 Å². The van der Waals surface area contributed by atoms with E-state index in [0.717, 1.165) is 29.4 Å². The lowest BCUT2D eigenvalue weighted by Gasteiger charge is -2.19. The topological polar surface area (TPSA) is 67.1 Å². The maximum Gasteiger partial charge on any atom is 0.191 e. The molecule has 2 fully saturated rings. The van der Waals surface area contributed by atoms with Crippen molar-refractivity contribution in [3.8, 4) is 0 Å². The Hall–Kier alpha value is -0.510. The van der Waals surface area contributed by atoms with E-state index in [1.807, 2.05) is 18.5 Å². The first-order valence-corrected chi connectivity index (χ1v) is 9.78. The van der Waals surface area contributed by atoms with Crippen molar-refractivity contribution in [2.45, 2.75) is 63.3 Å². The molecule has 1 saturated heterocycles. The monoisotopic (exact) mass is 464 g/mol. The van der Waals surface area contributed by atoms with Crippen LogP contribution in [0.4, 0.5) is 0 Å². The molecule has 2 aliphatic rings. The molecule has 0 amide bonds. The molecular weight excluding hydrogens is 435 g/mol. The van der Waals surface area contributed by atoms with E-state index in [1.54, 1.807) is 0 Å². The molecule has 1 saturated carbocycles. The third-order valence-corrected chi connectivity index (χ3v) is 6.18. The number of nitrogens with zero attached hydrogens (tertiary/aromatic N) is 4. The lowest BCUT2D eigenvalue weighted by molar-refractivity contribution is 0.607. The second kappa shape index (κ2) is 9.84. The fourth-order valence-corrected chi connectivity index (χ4v) is 4.37. The van der Waals surface area contributed by atoms with Crippen molar-refractivity contribution in [2.24, 2.45) is 12.0 Å². The van der Waals surface area contributed by atoms with Crippen molar-refractivity contribution >= 4 is 41.7 Å². The number of aromatic nitrogens is 3. The first-order valence-electron chi connectivity index (χ1n) is 8.73. The molecule has 24 heavy (non-hydrogen) atoms. The van der Waals surface area contributed by atoms with Gasteiger partial charge in [-0.3, -0.25) is 0 Å². The van der Waals surface area contributed by atoms with Crippen LogP contribution < -0.4 is 10.6 Å². The van der Waals surface area contributed by atoms with Crippen molar-refractivity contribution in [2.75, 3.05) is 12.3 Å². The first-order chi connectivity index (χ1) is 11.2. The summed E-state index contributed by atoms with van der Waals surface area (Å²) in [6.07, 6.45) is 7.82. The van der Waals surface area contributed by atoms with E-state index in [4.69, 9.17) is 4.99 Å². The Morgan fingerprint density at radius 2 is 2.04 bits per heavy atom. The second-order valence-electron chi connectivity index (χ2n) is 6.53. The van der Waals surface area contributed by atoms with Gasteiger partial charge in [0.1, 0.15) is 12.4 Å². The number of aliphatic imine (C=N–C) groups is 1. The lowest BCUT2D eigenvalue weighted by atomic mass is 10.2. The Bertz CT molecular complexity index is 535. The van der Waals surface area contributed by atoms with Gasteiger partial charge in [-0.1, -0.05) is 12.8 Å². The maximum atomic E-state index is 4.75. The van der Waals surface area contributed by atoms with Crippen LogP contribution in [0.2, 0.25) is 0 Å². The number of hydrogen-bond donors (Lipinski definition) is 2. The fraction of sp³-hybridized carbons (Fsp3) is 0.812. The summed E-state index contributed by atoms with van der Waals surface area (Å²) in [5.74, 6) is 4.07. The maximum absolute atomic E-state index is 4.75. The second-order valence-corrected chi connectivity index (χ2v) is 7.94. The summed E-state index contributed by atoms with van der Waals surface area (Å²) >= 11 is 2.08. The van der Waals surface area contributed by atoms with Gasteiger partial charge in [0.05, 0.1) is 0 Å². The highest BCUT2D eigenvalue weighted by atomic mass is 127. The van der Waals surface area contributed by atoms with Crippen LogP contribution in [-0.4, -0.2) is 44.3 Å². The van der Waals surface area contributed by atoms with E-state index in [0.29, 0.717) is 12.6 Å². The average molecular weight is 464 g/mol. The van der Waals surface area contributed by atoms with Gasteiger partial charge in [0, 0.05) is 24.9 Å². The SMILES string of the molecule is Cc1nnc(CN=C(NCC2CCCS2)NC2CCCC2)n1C.I. The van der Waals surface area contributed by atoms with E-state index >= 15 is 0 Å². The van der Waals surface area contributed by atoms with Gasteiger partial charge in [0.25, 0.3) is 0 Å².